The molecule has 26 heavy (non-hydrogen) atoms. The van der Waals surface area contributed by atoms with Gasteiger partial charge in [-0.25, -0.2) is 0 Å². The van der Waals surface area contributed by atoms with Gasteiger partial charge in [-0.15, -0.1) is 0 Å². The third kappa shape index (κ3) is 4.81. The summed E-state index contributed by atoms with van der Waals surface area (Å²) in [5.74, 6) is -0.0272. The molecular weight excluding hydrogens is 369 g/mol. The van der Waals surface area contributed by atoms with Crippen molar-refractivity contribution in [1.29, 1.82) is 0 Å². The summed E-state index contributed by atoms with van der Waals surface area (Å²) in [5.41, 5.74) is 3.76. The van der Waals surface area contributed by atoms with E-state index in [0.29, 0.717) is 29.4 Å². The van der Waals surface area contributed by atoms with Crippen molar-refractivity contribution in [3.8, 4) is 11.3 Å². The predicted octanol–water partition coefficient (Wildman–Crippen LogP) is 4.70. The highest BCUT2D eigenvalue weighted by Gasteiger charge is 2.08. The van der Waals surface area contributed by atoms with E-state index in [4.69, 9.17) is 23.2 Å². The number of amides is 1. The van der Waals surface area contributed by atoms with E-state index >= 15 is 0 Å². The van der Waals surface area contributed by atoms with Crippen LogP contribution in [0.1, 0.15) is 17.5 Å². The Morgan fingerprint density at radius 1 is 1.00 bits per heavy atom. The molecule has 0 saturated heterocycles. The Labute approximate surface area is 162 Å². The molecule has 0 radical (unpaired) electrons. The lowest BCUT2D eigenvalue weighted by Crippen LogP contribution is -2.23. The lowest BCUT2D eigenvalue weighted by Gasteiger charge is -2.10. The Morgan fingerprint density at radius 3 is 2.58 bits per heavy atom. The number of benzene rings is 1. The maximum atomic E-state index is 12.2. The number of nitrogens with one attached hydrogen (secondary N) is 1. The van der Waals surface area contributed by atoms with Gasteiger partial charge in [0.15, 0.2) is 0 Å². The molecular formula is C20H17Cl2N3O. The van der Waals surface area contributed by atoms with E-state index < -0.39 is 0 Å². The van der Waals surface area contributed by atoms with Crippen LogP contribution in [0.2, 0.25) is 10.0 Å². The van der Waals surface area contributed by atoms with Crippen LogP contribution in [0, 0.1) is 0 Å². The van der Waals surface area contributed by atoms with Crippen LogP contribution in [0.5, 0.6) is 0 Å². The van der Waals surface area contributed by atoms with E-state index in [-0.39, 0.29) is 5.91 Å². The second-order valence-corrected chi connectivity index (χ2v) is 6.59. The number of carbonyl (C=O) groups excluding carboxylic acids is 1. The van der Waals surface area contributed by atoms with Crippen LogP contribution < -0.4 is 5.32 Å². The highest BCUT2D eigenvalue weighted by atomic mass is 35.5. The average molecular weight is 386 g/mol. The average Bonchev–Trinajstić information content (AvgIpc) is 2.68. The smallest absolute Gasteiger partial charge is 0.220 e. The summed E-state index contributed by atoms with van der Waals surface area (Å²) < 4.78 is 0. The van der Waals surface area contributed by atoms with Gasteiger partial charge in [0.05, 0.1) is 15.7 Å². The number of hydrogen-bond donors (Lipinski definition) is 1. The van der Waals surface area contributed by atoms with Crippen LogP contribution in [0.25, 0.3) is 11.3 Å². The standard InChI is InChI=1S/C20H17Cl2N3O/c21-17-5-3-14(12-18(17)22)4-6-19(26)25-13-16-2-1-9-24-20(16)15-7-10-23-11-8-15/h1-3,5,7-12H,4,6,13H2,(H,25,26). The first kappa shape index (κ1) is 18.4. The molecule has 0 aliphatic carbocycles. The topological polar surface area (TPSA) is 54.9 Å². The molecule has 4 nitrogen and oxygen atoms in total. The van der Waals surface area contributed by atoms with Crippen LogP contribution in [-0.4, -0.2) is 15.9 Å². The fraction of sp³-hybridized carbons (Fsp3) is 0.150. The number of nitrogens with zero attached hydrogens (tertiary/aromatic N) is 2. The molecule has 0 bridgehead atoms. The summed E-state index contributed by atoms with van der Waals surface area (Å²) in [4.78, 5) is 20.6. The maximum Gasteiger partial charge on any atom is 0.220 e. The van der Waals surface area contributed by atoms with Gasteiger partial charge < -0.3 is 5.32 Å². The van der Waals surface area contributed by atoms with Gasteiger partial charge in [-0.3, -0.25) is 14.8 Å². The minimum Gasteiger partial charge on any atom is -0.352 e. The summed E-state index contributed by atoms with van der Waals surface area (Å²) >= 11 is 11.9. The molecule has 3 aromatic rings. The maximum absolute atomic E-state index is 12.2. The van der Waals surface area contributed by atoms with Gasteiger partial charge in [0.1, 0.15) is 0 Å². The number of carbonyl (C=O) groups is 1. The molecule has 3 rings (SSSR count). The SMILES string of the molecule is O=C(CCc1ccc(Cl)c(Cl)c1)NCc1cccnc1-c1ccncc1. The molecule has 1 N–H and O–H groups in total. The number of pyridine rings is 2. The highest BCUT2D eigenvalue weighted by molar-refractivity contribution is 6.42. The zero-order valence-corrected chi connectivity index (χ0v) is 15.5. The van der Waals surface area contributed by atoms with E-state index in [1.807, 2.05) is 30.3 Å². The number of rotatable bonds is 6. The molecule has 2 heterocycles. The van der Waals surface area contributed by atoms with Crippen molar-refractivity contribution in [2.75, 3.05) is 0 Å². The van der Waals surface area contributed by atoms with E-state index in [1.54, 1.807) is 30.7 Å². The van der Waals surface area contributed by atoms with Crippen LogP contribution in [0.15, 0.2) is 61.1 Å². The van der Waals surface area contributed by atoms with Gasteiger partial charge >= 0.3 is 0 Å². The van der Waals surface area contributed by atoms with Gasteiger partial charge in [0.25, 0.3) is 0 Å². The van der Waals surface area contributed by atoms with Gasteiger partial charge in [0, 0.05) is 37.1 Å². The monoisotopic (exact) mass is 385 g/mol. The largest absolute Gasteiger partial charge is 0.352 e. The van der Waals surface area contributed by atoms with Crippen LogP contribution in [-0.2, 0) is 17.8 Å². The first-order valence-electron chi connectivity index (χ1n) is 8.18. The molecule has 132 valence electrons. The molecule has 0 saturated carbocycles. The van der Waals surface area contributed by atoms with E-state index in [9.17, 15) is 4.79 Å². The Balaban J connectivity index is 1.59. The fourth-order valence-electron chi connectivity index (χ4n) is 2.59. The summed E-state index contributed by atoms with van der Waals surface area (Å²) in [6.07, 6.45) is 6.17. The van der Waals surface area contributed by atoms with Crippen molar-refractivity contribution in [3.05, 3.63) is 82.2 Å². The Bertz CT molecular complexity index is 901. The zero-order chi connectivity index (χ0) is 18.4. The third-order valence-corrected chi connectivity index (χ3v) is 4.68. The quantitative estimate of drug-likeness (QED) is 0.668. The number of aromatic nitrogens is 2. The van der Waals surface area contributed by atoms with Crippen LogP contribution in [0.4, 0.5) is 0 Å². The first-order valence-corrected chi connectivity index (χ1v) is 8.94. The van der Waals surface area contributed by atoms with Gasteiger partial charge in [-0.2, -0.15) is 0 Å². The summed E-state index contributed by atoms with van der Waals surface area (Å²) in [5, 5.41) is 3.97. The molecule has 1 amide bonds. The van der Waals surface area contributed by atoms with Crippen molar-refractivity contribution >= 4 is 29.1 Å². The molecule has 0 atom stereocenters. The zero-order valence-electron chi connectivity index (χ0n) is 14.0. The Morgan fingerprint density at radius 2 is 1.81 bits per heavy atom. The summed E-state index contributed by atoms with van der Waals surface area (Å²) in [6.45, 7) is 0.422. The normalized spacial score (nSPS) is 10.5. The fourth-order valence-corrected chi connectivity index (χ4v) is 2.91. The van der Waals surface area contributed by atoms with Crippen molar-refractivity contribution < 1.29 is 4.79 Å². The predicted molar refractivity (Wildman–Crippen MR) is 104 cm³/mol. The molecule has 0 spiro atoms. The summed E-state index contributed by atoms with van der Waals surface area (Å²) in [7, 11) is 0. The molecule has 6 heteroatoms. The third-order valence-electron chi connectivity index (χ3n) is 3.95. The second kappa shape index (κ2) is 8.79. The molecule has 2 aromatic heterocycles. The van der Waals surface area contributed by atoms with Crippen LogP contribution in [0.3, 0.4) is 0 Å². The van der Waals surface area contributed by atoms with E-state index in [2.05, 4.69) is 15.3 Å². The first-order chi connectivity index (χ1) is 12.6. The number of hydrogen-bond acceptors (Lipinski definition) is 3. The van der Waals surface area contributed by atoms with Gasteiger partial charge in [-0.05, 0) is 47.9 Å². The molecule has 1 aromatic carbocycles. The molecule has 0 unspecified atom stereocenters. The van der Waals surface area contributed by atoms with Crippen molar-refractivity contribution in [3.63, 3.8) is 0 Å². The molecule has 0 aliphatic heterocycles. The molecule has 0 fully saturated rings. The van der Waals surface area contributed by atoms with Crippen molar-refractivity contribution in [2.24, 2.45) is 0 Å². The van der Waals surface area contributed by atoms with Crippen molar-refractivity contribution in [1.82, 2.24) is 15.3 Å². The minimum atomic E-state index is -0.0272. The Hall–Kier alpha value is -2.43. The van der Waals surface area contributed by atoms with Crippen LogP contribution >= 0.6 is 23.2 Å². The lowest BCUT2D eigenvalue weighted by molar-refractivity contribution is -0.121. The Kier molecular flexibility index (Phi) is 6.21. The second-order valence-electron chi connectivity index (χ2n) is 5.77. The summed E-state index contributed by atoms with van der Waals surface area (Å²) in [6, 6.07) is 13.0. The van der Waals surface area contributed by atoms with Crippen molar-refractivity contribution in [2.45, 2.75) is 19.4 Å². The van der Waals surface area contributed by atoms with E-state index in [1.165, 1.54) is 0 Å². The minimum absolute atomic E-state index is 0.0272. The number of aryl methyl sites for hydroxylation is 1. The van der Waals surface area contributed by atoms with Gasteiger partial charge in [-0.1, -0.05) is 35.3 Å². The molecule has 0 aliphatic rings. The number of halogens is 2. The van der Waals surface area contributed by atoms with E-state index in [0.717, 1.165) is 22.4 Å². The highest BCUT2D eigenvalue weighted by Crippen LogP contribution is 2.23. The van der Waals surface area contributed by atoms with Gasteiger partial charge in [0.2, 0.25) is 5.91 Å². The lowest BCUT2D eigenvalue weighted by atomic mass is 10.1.